The summed E-state index contributed by atoms with van der Waals surface area (Å²) in [4.78, 5) is 22.2. The number of hydrogen-bond donors (Lipinski definition) is 2. The molecule has 15 heavy (non-hydrogen) atoms. The molecule has 6 nitrogen and oxygen atoms in total. The second-order valence-electron chi connectivity index (χ2n) is 3.70. The van der Waals surface area contributed by atoms with E-state index >= 15 is 0 Å². The van der Waals surface area contributed by atoms with E-state index in [-0.39, 0.29) is 25.6 Å². The molecule has 0 saturated carbocycles. The molecule has 0 aromatic heterocycles. The standard InChI is InChI=1S/C9H14O6/c1-6-4-14-7(10)2-3-9(12,13)8(11)15-5-6/h6,12-13H,2-5H2,1H3. The molecule has 1 atom stereocenters. The number of ether oxygens (including phenoxy) is 2. The van der Waals surface area contributed by atoms with Crippen LogP contribution in [0.5, 0.6) is 0 Å². The third-order valence-corrected chi connectivity index (χ3v) is 2.03. The normalized spacial score (nSPS) is 27.8. The van der Waals surface area contributed by atoms with Crippen molar-refractivity contribution in [3.8, 4) is 0 Å². The van der Waals surface area contributed by atoms with Gasteiger partial charge >= 0.3 is 11.9 Å². The zero-order valence-electron chi connectivity index (χ0n) is 8.43. The van der Waals surface area contributed by atoms with Crippen LogP contribution < -0.4 is 0 Å². The summed E-state index contributed by atoms with van der Waals surface area (Å²) < 4.78 is 9.46. The van der Waals surface area contributed by atoms with Crippen molar-refractivity contribution in [1.82, 2.24) is 0 Å². The van der Waals surface area contributed by atoms with Crippen molar-refractivity contribution >= 4 is 11.9 Å². The van der Waals surface area contributed by atoms with Gasteiger partial charge in [0.1, 0.15) is 0 Å². The highest BCUT2D eigenvalue weighted by Gasteiger charge is 2.36. The van der Waals surface area contributed by atoms with Crippen molar-refractivity contribution in [2.75, 3.05) is 13.2 Å². The van der Waals surface area contributed by atoms with Crippen molar-refractivity contribution in [2.45, 2.75) is 25.6 Å². The van der Waals surface area contributed by atoms with Crippen LogP contribution in [0.15, 0.2) is 0 Å². The molecule has 0 amide bonds. The summed E-state index contributed by atoms with van der Waals surface area (Å²) in [6.07, 6.45) is -0.645. The summed E-state index contributed by atoms with van der Waals surface area (Å²) >= 11 is 0. The molecule has 1 saturated heterocycles. The first-order valence-corrected chi connectivity index (χ1v) is 4.69. The SMILES string of the molecule is CC1COC(=O)CCC(O)(O)C(=O)OC1. The van der Waals surface area contributed by atoms with E-state index in [0.717, 1.165) is 0 Å². The van der Waals surface area contributed by atoms with Gasteiger partial charge in [0, 0.05) is 12.3 Å². The Balaban J connectivity index is 2.66. The Morgan fingerprint density at radius 3 is 2.53 bits per heavy atom. The predicted molar refractivity (Wildman–Crippen MR) is 47.5 cm³/mol. The monoisotopic (exact) mass is 218 g/mol. The highest BCUT2D eigenvalue weighted by atomic mass is 16.6. The lowest BCUT2D eigenvalue weighted by Gasteiger charge is -2.22. The fourth-order valence-electron chi connectivity index (χ4n) is 1.07. The Hall–Kier alpha value is -1.14. The second-order valence-corrected chi connectivity index (χ2v) is 3.70. The van der Waals surface area contributed by atoms with E-state index in [0.29, 0.717) is 0 Å². The molecule has 2 N–H and O–H groups in total. The molecule has 86 valence electrons. The molecule has 0 aromatic rings. The second kappa shape index (κ2) is 4.59. The van der Waals surface area contributed by atoms with E-state index in [1.54, 1.807) is 6.92 Å². The Labute approximate surface area is 86.8 Å². The number of cyclic esters (lactones) is 2. The van der Waals surface area contributed by atoms with Crippen LogP contribution >= 0.6 is 0 Å². The van der Waals surface area contributed by atoms with Gasteiger partial charge in [-0.15, -0.1) is 0 Å². The van der Waals surface area contributed by atoms with Crippen molar-refractivity contribution in [3.05, 3.63) is 0 Å². The zero-order chi connectivity index (χ0) is 11.5. The summed E-state index contributed by atoms with van der Waals surface area (Å²) in [5.41, 5.74) is 0. The summed E-state index contributed by atoms with van der Waals surface area (Å²) in [7, 11) is 0. The van der Waals surface area contributed by atoms with Gasteiger partial charge in [0.25, 0.3) is 5.79 Å². The van der Waals surface area contributed by atoms with Gasteiger partial charge in [-0.1, -0.05) is 6.92 Å². The largest absolute Gasteiger partial charge is 0.465 e. The smallest absolute Gasteiger partial charge is 0.366 e. The van der Waals surface area contributed by atoms with Crippen LogP contribution in [-0.2, 0) is 19.1 Å². The third kappa shape index (κ3) is 3.49. The van der Waals surface area contributed by atoms with E-state index < -0.39 is 24.1 Å². The topological polar surface area (TPSA) is 93.1 Å². The van der Waals surface area contributed by atoms with Crippen LogP contribution in [0.2, 0.25) is 0 Å². The fraction of sp³-hybridized carbons (Fsp3) is 0.778. The van der Waals surface area contributed by atoms with E-state index in [4.69, 9.17) is 4.74 Å². The van der Waals surface area contributed by atoms with Gasteiger partial charge in [-0.25, -0.2) is 4.79 Å². The lowest BCUT2D eigenvalue weighted by Crippen LogP contribution is -2.42. The van der Waals surface area contributed by atoms with Crippen molar-refractivity contribution in [1.29, 1.82) is 0 Å². The van der Waals surface area contributed by atoms with Crippen molar-refractivity contribution < 1.29 is 29.3 Å². The maximum Gasteiger partial charge on any atom is 0.366 e. The highest BCUT2D eigenvalue weighted by molar-refractivity contribution is 5.78. The van der Waals surface area contributed by atoms with Gasteiger partial charge in [0.2, 0.25) is 0 Å². The minimum atomic E-state index is -2.60. The molecular formula is C9H14O6. The Morgan fingerprint density at radius 2 is 1.87 bits per heavy atom. The first kappa shape index (κ1) is 11.9. The molecule has 1 aliphatic heterocycles. The molecule has 0 radical (unpaired) electrons. The Kier molecular flexibility index (Phi) is 3.65. The van der Waals surface area contributed by atoms with Crippen LogP contribution in [0.1, 0.15) is 19.8 Å². The average Bonchev–Trinajstić information content (AvgIpc) is 2.18. The van der Waals surface area contributed by atoms with Gasteiger partial charge in [0.15, 0.2) is 0 Å². The maximum atomic E-state index is 11.1. The van der Waals surface area contributed by atoms with Crippen LogP contribution in [0, 0.1) is 5.92 Å². The van der Waals surface area contributed by atoms with E-state index in [9.17, 15) is 19.8 Å². The predicted octanol–water partition coefficient (Wildman–Crippen LogP) is -0.816. The molecule has 1 heterocycles. The number of carbonyl (C=O) groups excluding carboxylic acids is 2. The molecule has 0 spiro atoms. The Morgan fingerprint density at radius 1 is 1.27 bits per heavy atom. The zero-order valence-corrected chi connectivity index (χ0v) is 8.43. The van der Waals surface area contributed by atoms with Crippen molar-refractivity contribution in [3.63, 3.8) is 0 Å². The first-order valence-electron chi connectivity index (χ1n) is 4.69. The minimum absolute atomic E-state index is 0.00498. The molecular weight excluding hydrogens is 204 g/mol. The van der Waals surface area contributed by atoms with Crippen LogP contribution in [-0.4, -0.2) is 41.2 Å². The summed E-state index contributed by atoms with van der Waals surface area (Å²) in [6, 6.07) is 0. The molecule has 1 fully saturated rings. The molecule has 0 aromatic carbocycles. The summed E-state index contributed by atoms with van der Waals surface area (Å²) in [5.74, 6) is -4.43. The van der Waals surface area contributed by atoms with Gasteiger partial charge < -0.3 is 19.7 Å². The van der Waals surface area contributed by atoms with Crippen molar-refractivity contribution in [2.24, 2.45) is 5.92 Å². The van der Waals surface area contributed by atoms with Crippen LogP contribution in [0.25, 0.3) is 0 Å². The maximum absolute atomic E-state index is 11.1. The van der Waals surface area contributed by atoms with E-state index in [2.05, 4.69) is 4.74 Å². The lowest BCUT2D eigenvalue weighted by atomic mass is 10.1. The Bertz CT molecular complexity index is 259. The number of hydrogen-bond acceptors (Lipinski definition) is 6. The summed E-state index contributed by atoms with van der Waals surface area (Å²) in [5, 5.41) is 18.5. The van der Waals surface area contributed by atoms with Gasteiger partial charge in [-0.05, 0) is 0 Å². The third-order valence-electron chi connectivity index (χ3n) is 2.03. The number of carbonyl (C=O) groups is 2. The van der Waals surface area contributed by atoms with E-state index in [1.807, 2.05) is 0 Å². The molecule has 0 bridgehead atoms. The van der Waals surface area contributed by atoms with Crippen LogP contribution in [0.4, 0.5) is 0 Å². The fourth-order valence-corrected chi connectivity index (χ4v) is 1.07. The van der Waals surface area contributed by atoms with Gasteiger partial charge in [-0.3, -0.25) is 4.79 Å². The summed E-state index contributed by atoms with van der Waals surface area (Å²) in [6.45, 7) is 1.88. The molecule has 1 unspecified atom stereocenters. The average molecular weight is 218 g/mol. The highest BCUT2D eigenvalue weighted by Crippen LogP contribution is 2.14. The quantitative estimate of drug-likeness (QED) is 0.408. The number of aliphatic hydroxyl groups is 2. The molecule has 1 aliphatic rings. The first-order chi connectivity index (χ1) is 6.92. The molecule has 0 aliphatic carbocycles. The van der Waals surface area contributed by atoms with Gasteiger partial charge in [-0.2, -0.15) is 0 Å². The molecule has 6 heteroatoms. The number of rotatable bonds is 0. The lowest BCUT2D eigenvalue weighted by molar-refractivity contribution is -0.215. The molecule has 1 rings (SSSR count). The van der Waals surface area contributed by atoms with Gasteiger partial charge in [0.05, 0.1) is 19.6 Å². The van der Waals surface area contributed by atoms with E-state index in [1.165, 1.54) is 0 Å². The number of esters is 2. The minimum Gasteiger partial charge on any atom is -0.465 e. The van der Waals surface area contributed by atoms with Crippen LogP contribution in [0.3, 0.4) is 0 Å².